The molecule has 2 rings (SSSR count). The molecule has 0 atom stereocenters. The number of anilines is 1. The summed E-state index contributed by atoms with van der Waals surface area (Å²) >= 11 is 0. The van der Waals surface area contributed by atoms with Crippen molar-refractivity contribution in [2.75, 3.05) is 5.73 Å². The minimum Gasteiger partial charge on any atom is -0.399 e. The smallest absolute Gasteiger partial charge is 0.399 e. The zero-order chi connectivity index (χ0) is 13.3. The highest BCUT2D eigenvalue weighted by Crippen LogP contribution is 2.33. The van der Waals surface area contributed by atoms with Gasteiger partial charge in [0.2, 0.25) is 0 Å². The average molecular weight is 256 g/mol. The van der Waals surface area contributed by atoms with E-state index in [1.807, 2.05) is 6.92 Å². The van der Waals surface area contributed by atoms with E-state index in [1.165, 1.54) is 6.07 Å². The van der Waals surface area contributed by atoms with Crippen molar-refractivity contribution in [3.63, 3.8) is 0 Å². The van der Waals surface area contributed by atoms with E-state index in [9.17, 15) is 13.2 Å². The minimum absolute atomic E-state index is 0.0303. The Balaban J connectivity index is 2.48. The quantitative estimate of drug-likeness (QED) is 0.811. The van der Waals surface area contributed by atoms with Crippen LogP contribution >= 0.6 is 0 Å². The topological polar surface area (TPSA) is 67.6 Å². The second-order valence-corrected chi connectivity index (χ2v) is 3.80. The van der Waals surface area contributed by atoms with Gasteiger partial charge in [0, 0.05) is 17.7 Å². The van der Waals surface area contributed by atoms with Crippen LogP contribution in [0.15, 0.2) is 18.2 Å². The van der Waals surface area contributed by atoms with Gasteiger partial charge in [0.1, 0.15) is 5.82 Å². The second kappa shape index (κ2) is 4.32. The number of H-pyrrole nitrogens is 1. The number of benzene rings is 1. The zero-order valence-electron chi connectivity index (χ0n) is 9.54. The molecule has 0 unspecified atom stereocenters. The molecule has 0 amide bonds. The van der Waals surface area contributed by atoms with E-state index in [-0.39, 0.29) is 17.1 Å². The molecule has 1 aromatic carbocycles. The lowest BCUT2D eigenvalue weighted by atomic mass is 10.1. The van der Waals surface area contributed by atoms with Crippen molar-refractivity contribution in [1.82, 2.24) is 15.2 Å². The van der Waals surface area contributed by atoms with Gasteiger partial charge in [-0.3, -0.25) is 5.10 Å². The normalized spacial score (nSPS) is 11.8. The van der Waals surface area contributed by atoms with Crippen LogP contribution in [0.1, 0.15) is 18.3 Å². The molecule has 18 heavy (non-hydrogen) atoms. The number of alkyl halides is 3. The van der Waals surface area contributed by atoms with Gasteiger partial charge in [-0.2, -0.15) is 18.3 Å². The van der Waals surface area contributed by atoms with E-state index in [0.717, 1.165) is 12.1 Å². The first-order valence-corrected chi connectivity index (χ1v) is 5.29. The van der Waals surface area contributed by atoms with Gasteiger partial charge < -0.3 is 5.73 Å². The summed E-state index contributed by atoms with van der Waals surface area (Å²) in [7, 11) is 0. The minimum atomic E-state index is -4.44. The summed E-state index contributed by atoms with van der Waals surface area (Å²) in [6, 6.07) is 3.29. The summed E-state index contributed by atoms with van der Waals surface area (Å²) in [6.07, 6.45) is -3.81. The molecule has 0 fully saturated rings. The number of nitrogens with zero attached hydrogens (tertiary/aromatic N) is 2. The number of aryl methyl sites for hydroxylation is 1. The van der Waals surface area contributed by atoms with Gasteiger partial charge >= 0.3 is 6.18 Å². The molecule has 1 heterocycles. The van der Waals surface area contributed by atoms with Crippen molar-refractivity contribution >= 4 is 5.69 Å². The number of nitrogen functional groups attached to an aromatic ring is 1. The third-order valence-electron chi connectivity index (χ3n) is 2.41. The third-order valence-corrected chi connectivity index (χ3v) is 2.41. The van der Waals surface area contributed by atoms with E-state index >= 15 is 0 Å². The van der Waals surface area contributed by atoms with Crippen molar-refractivity contribution < 1.29 is 13.2 Å². The molecule has 0 aliphatic heterocycles. The van der Waals surface area contributed by atoms with Gasteiger partial charge in [0.05, 0.1) is 5.56 Å². The Labute approximate surface area is 101 Å². The summed E-state index contributed by atoms with van der Waals surface area (Å²) in [4.78, 5) is 4.07. The van der Waals surface area contributed by atoms with Gasteiger partial charge in [0.15, 0.2) is 5.82 Å². The summed E-state index contributed by atoms with van der Waals surface area (Å²) in [5, 5.41) is 6.51. The Bertz CT molecular complexity index is 560. The molecule has 0 aliphatic rings. The lowest BCUT2D eigenvalue weighted by Gasteiger charge is -2.08. The van der Waals surface area contributed by atoms with Crippen LogP contribution in [0.2, 0.25) is 0 Å². The Morgan fingerprint density at radius 1 is 1.28 bits per heavy atom. The van der Waals surface area contributed by atoms with Crippen LogP contribution in [-0.4, -0.2) is 15.2 Å². The molecule has 96 valence electrons. The number of hydrogen-bond acceptors (Lipinski definition) is 3. The number of rotatable bonds is 2. The molecule has 4 nitrogen and oxygen atoms in total. The molecular weight excluding hydrogens is 245 g/mol. The van der Waals surface area contributed by atoms with E-state index in [0.29, 0.717) is 12.2 Å². The maximum absolute atomic E-state index is 12.6. The molecule has 7 heteroatoms. The molecule has 0 spiro atoms. The summed E-state index contributed by atoms with van der Waals surface area (Å²) in [5.41, 5.74) is 4.94. The van der Waals surface area contributed by atoms with Crippen molar-refractivity contribution in [2.24, 2.45) is 0 Å². The Hall–Kier alpha value is -2.05. The van der Waals surface area contributed by atoms with E-state index < -0.39 is 11.7 Å². The molecule has 0 bridgehead atoms. The van der Waals surface area contributed by atoms with Crippen molar-refractivity contribution in [3.8, 4) is 11.4 Å². The number of nitrogens with two attached hydrogens (primary N) is 1. The van der Waals surface area contributed by atoms with E-state index in [4.69, 9.17) is 5.73 Å². The third kappa shape index (κ3) is 2.44. The Morgan fingerprint density at radius 3 is 2.56 bits per heavy atom. The van der Waals surface area contributed by atoms with Crippen molar-refractivity contribution in [1.29, 1.82) is 0 Å². The number of aromatic nitrogens is 3. The van der Waals surface area contributed by atoms with Crippen LogP contribution in [0.25, 0.3) is 11.4 Å². The molecule has 1 aromatic heterocycles. The predicted molar refractivity (Wildman–Crippen MR) is 60.6 cm³/mol. The van der Waals surface area contributed by atoms with E-state index in [1.54, 1.807) is 0 Å². The Morgan fingerprint density at radius 2 is 2.00 bits per heavy atom. The van der Waals surface area contributed by atoms with Crippen LogP contribution in [-0.2, 0) is 12.6 Å². The highest BCUT2D eigenvalue weighted by atomic mass is 19.4. The first-order chi connectivity index (χ1) is 8.40. The lowest BCUT2D eigenvalue weighted by Crippen LogP contribution is -2.06. The molecule has 0 aliphatic carbocycles. The standard InChI is InChI=1S/C11H11F3N4/c1-2-9-16-10(18-17-9)6-3-7(11(12,13)14)5-8(15)4-6/h3-5H,2,15H2,1H3,(H,16,17,18). The van der Waals surface area contributed by atoms with Gasteiger partial charge in [0.25, 0.3) is 0 Å². The SMILES string of the molecule is CCc1nc(-c2cc(N)cc(C(F)(F)F)c2)n[nH]1. The molecule has 0 saturated heterocycles. The highest BCUT2D eigenvalue weighted by molar-refractivity contribution is 5.63. The Kier molecular flexibility index (Phi) is 2.98. The highest BCUT2D eigenvalue weighted by Gasteiger charge is 2.31. The van der Waals surface area contributed by atoms with Gasteiger partial charge in [-0.15, -0.1) is 0 Å². The fourth-order valence-electron chi connectivity index (χ4n) is 1.53. The summed E-state index contributed by atoms with van der Waals surface area (Å²) < 4.78 is 37.9. The number of nitrogens with one attached hydrogen (secondary N) is 1. The monoisotopic (exact) mass is 256 g/mol. The average Bonchev–Trinajstić information content (AvgIpc) is 2.75. The lowest BCUT2D eigenvalue weighted by molar-refractivity contribution is -0.137. The maximum Gasteiger partial charge on any atom is 0.416 e. The molecule has 0 saturated carbocycles. The number of hydrogen-bond donors (Lipinski definition) is 2. The number of aromatic amines is 1. The van der Waals surface area contributed by atoms with Gasteiger partial charge in [-0.1, -0.05) is 6.92 Å². The molecule has 3 N–H and O–H groups in total. The summed E-state index contributed by atoms with van der Waals surface area (Å²) in [5.74, 6) is 0.825. The fourth-order valence-corrected chi connectivity index (χ4v) is 1.53. The maximum atomic E-state index is 12.6. The second-order valence-electron chi connectivity index (χ2n) is 3.80. The first-order valence-electron chi connectivity index (χ1n) is 5.29. The van der Waals surface area contributed by atoms with Crippen LogP contribution in [0, 0.1) is 0 Å². The molecule has 0 radical (unpaired) electrons. The van der Waals surface area contributed by atoms with Crippen LogP contribution in [0.3, 0.4) is 0 Å². The van der Waals surface area contributed by atoms with Crippen LogP contribution in [0.4, 0.5) is 18.9 Å². The first kappa shape index (κ1) is 12.4. The van der Waals surface area contributed by atoms with Crippen LogP contribution < -0.4 is 5.73 Å². The number of halogens is 3. The largest absolute Gasteiger partial charge is 0.416 e. The van der Waals surface area contributed by atoms with Gasteiger partial charge in [-0.05, 0) is 18.2 Å². The van der Waals surface area contributed by atoms with Gasteiger partial charge in [-0.25, -0.2) is 4.98 Å². The van der Waals surface area contributed by atoms with Crippen LogP contribution in [0.5, 0.6) is 0 Å². The zero-order valence-corrected chi connectivity index (χ0v) is 9.54. The van der Waals surface area contributed by atoms with Crippen molar-refractivity contribution in [3.05, 3.63) is 29.6 Å². The molecular formula is C11H11F3N4. The molecule has 2 aromatic rings. The summed E-state index contributed by atoms with van der Waals surface area (Å²) in [6.45, 7) is 1.87. The van der Waals surface area contributed by atoms with Crippen molar-refractivity contribution in [2.45, 2.75) is 19.5 Å². The predicted octanol–water partition coefficient (Wildman–Crippen LogP) is 2.64. The van der Waals surface area contributed by atoms with E-state index in [2.05, 4.69) is 15.2 Å². The fraction of sp³-hybridized carbons (Fsp3) is 0.273.